The fraction of sp³-hybridized carbons (Fsp3) is 0.231. The van der Waals surface area contributed by atoms with Gasteiger partial charge in [0.15, 0.2) is 11.5 Å². The zero-order valence-corrected chi connectivity index (χ0v) is 11.7. The summed E-state index contributed by atoms with van der Waals surface area (Å²) in [5, 5.41) is 4.32. The minimum absolute atomic E-state index is 0.0736. The highest BCUT2D eigenvalue weighted by Gasteiger charge is 2.32. The van der Waals surface area contributed by atoms with Crippen LogP contribution in [0.3, 0.4) is 0 Å². The van der Waals surface area contributed by atoms with Crippen molar-refractivity contribution < 1.29 is 9.32 Å². The SMILES string of the molecule is O=C(c1ccc(Cl)c(Br)c1)c1cnoc1C1CC1. The summed E-state index contributed by atoms with van der Waals surface area (Å²) >= 11 is 9.23. The molecule has 1 aliphatic rings. The molecule has 0 radical (unpaired) electrons. The normalized spacial score (nSPS) is 14.8. The fourth-order valence-corrected chi connectivity index (χ4v) is 2.35. The summed E-state index contributed by atoms with van der Waals surface area (Å²) in [5.74, 6) is 1.00. The van der Waals surface area contributed by atoms with Gasteiger partial charge in [0.2, 0.25) is 0 Å². The van der Waals surface area contributed by atoms with Gasteiger partial charge in [-0.05, 0) is 47.0 Å². The molecule has 0 bridgehead atoms. The number of ketones is 1. The Bertz CT molecular complexity index is 619. The Morgan fingerprint density at radius 2 is 2.22 bits per heavy atom. The lowest BCUT2D eigenvalue weighted by Crippen LogP contribution is -2.02. The molecule has 0 unspecified atom stereocenters. The maximum absolute atomic E-state index is 12.4. The van der Waals surface area contributed by atoms with Crippen molar-refractivity contribution >= 4 is 33.3 Å². The first-order valence-corrected chi connectivity index (χ1v) is 6.78. The highest BCUT2D eigenvalue weighted by Crippen LogP contribution is 2.42. The van der Waals surface area contributed by atoms with Crippen LogP contribution in [-0.2, 0) is 0 Å². The van der Waals surface area contributed by atoms with Crippen LogP contribution in [-0.4, -0.2) is 10.9 Å². The Morgan fingerprint density at radius 1 is 1.44 bits per heavy atom. The summed E-state index contributed by atoms with van der Waals surface area (Å²) < 4.78 is 5.88. The van der Waals surface area contributed by atoms with E-state index < -0.39 is 0 Å². The number of nitrogens with zero attached hydrogens (tertiary/aromatic N) is 1. The molecular weight excluding hydrogens is 318 g/mol. The minimum Gasteiger partial charge on any atom is -0.360 e. The number of rotatable bonds is 3. The van der Waals surface area contributed by atoms with Crippen LogP contribution in [0.4, 0.5) is 0 Å². The van der Waals surface area contributed by atoms with E-state index in [9.17, 15) is 4.79 Å². The lowest BCUT2D eigenvalue weighted by Gasteiger charge is -2.02. The quantitative estimate of drug-likeness (QED) is 0.794. The fourth-order valence-electron chi connectivity index (χ4n) is 1.85. The molecule has 1 aliphatic carbocycles. The average Bonchev–Trinajstić information content (AvgIpc) is 3.09. The van der Waals surface area contributed by atoms with Crippen molar-refractivity contribution in [2.45, 2.75) is 18.8 Å². The summed E-state index contributed by atoms with van der Waals surface area (Å²) in [6.07, 6.45) is 3.64. The predicted molar refractivity (Wildman–Crippen MR) is 71.1 cm³/mol. The summed E-state index contributed by atoms with van der Waals surface area (Å²) in [4.78, 5) is 12.4. The topological polar surface area (TPSA) is 43.1 Å². The molecule has 0 spiro atoms. The molecule has 1 aromatic carbocycles. The summed E-state index contributed by atoms with van der Waals surface area (Å²) in [7, 11) is 0. The third-order valence-corrected chi connectivity index (χ3v) is 4.19. The van der Waals surface area contributed by atoms with Crippen molar-refractivity contribution in [3.63, 3.8) is 0 Å². The minimum atomic E-state index is -0.0736. The maximum Gasteiger partial charge on any atom is 0.198 e. The van der Waals surface area contributed by atoms with Crippen molar-refractivity contribution in [3.8, 4) is 0 Å². The average molecular weight is 327 g/mol. The first-order chi connectivity index (χ1) is 8.66. The first-order valence-electron chi connectivity index (χ1n) is 5.61. The maximum atomic E-state index is 12.4. The molecule has 1 heterocycles. The van der Waals surface area contributed by atoms with Gasteiger partial charge in [-0.25, -0.2) is 0 Å². The zero-order chi connectivity index (χ0) is 12.7. The highest BCUT2D eigenvalue weighted by molar-refractivity contribution is 9.10. The number of benzene rings is 1. The molecule has 3 rings (SSSR count). The Morgan fingerprint density at radius 3 is 2.89 bits per heavy atom. The number of carbonyl (C=O) groups excluding carboxylic acids is 1. The van der Waals surface area contributed by atoms with E-state index in [1.165, 1.54) is 6.20 Å². The Hall–Kier alpha value is -1.13. The van der Waals surface area contributed by atoms with Gasteiger partial charge in [-0.1, -0.05) is 16.8 Å². The molecule has 1 saturated carbocycles. The molecule has 92 valence electrons. The number of aromatic nitrogens is 1. The van der Waals surface area contributed by atoms with Crippen LogP contribution in [0.2, 0.25) is 5.02 Å². The van der Waals surface area contributed by atoms with Crippen LogP contribution >= 0.6 is 27.5 Å². The Kier molecular flexibility index (Phi) is 2.99. The van der Waals surface area contributed by atoms with Gasteiger partial charge in [0.25, 0.3) is 0 Å². The third-order valence-electron chi connectivity index (χ3n) is 2.97. The van der Waals surface area contributed by atoms with Crippen LogP contribution in [0.25, 0.3) is 0 Å². The van der Waals surface area contributed by atoms with Crippen LogP contribution in [0.1, 0.15) is 40.4 Å². The second kappa shape index (κ2) is 4.52. The molecular formula is C13H9BrClNO2. The smallest absolute Gasteiger partial charge is 0.198 e. The van der Waals surface area contributed by atoms with E-state index in [0.717, 1.165) is 12.8 Å². The van der Waals surface area contributed by atoms with E-state index in [1.807, 2.05) is 0 Å². The largest absolute Gasteiger partial charge is 0.360 e. The Labute approximate surface area is 117 Å². The van der Waals surface area contributed by atoms with Crippen LogP contribution in [0, 0.1) is 0 Å². The van der Waals surface area contributed by atoms with E-state index in [2.05, 4.69) is 21.1 Å². The highest BCUT2D eigenvalue weighted by atomic mass is 79.9. The lowest BCUT2D eigenvalue weighted by molar-refractivity contribution is 0.103. The van der Waals surface area contributed by atoms with Gasteiger partial charge in [-0.2, -0.15) is 0 Å². The molecule has 0 atom stereocenters. The first kappa shape index (κ1) is 11.9. The van der Waals surface area contributed by atoms with E-state index in [0.29, 0.717) is 32.3 Å². The van der Waals surface area contributed by atoms with E-state index in [-0.39, 0.29) is 5.78 Å². The number of hydrogen-bond acceptors (Lipinski definition) is 3. The summed E-state index contributed by atoms with van der Waals surface area (Å²) in [5.41, 5.74) is 1.14. The number of halogens is 2. The monoisotopic (exact) mass is 325 g/mol. The van der Waals surface area contributed by atoms with Crippen molar-refractivity contribution in [3.05, 3.63) is 50.8 Å². The number of carbonyl (C=O) groups is 1. The van der Waals surface area contributed by atoms with Gasteiger partial charge in [-0.15, -0.1) is 0 Å². The molecule has 2 aromatic rings. The predicted octanol–water partition coefficient (Wildman–Crippen LogP) is 4.20. The van der Waals surface area contributed by atoms with Crippen LogP contribution in [0.15, 0.2) is 33.4 Å². The molecule has 18 heavy (non-hydrogen) atoms. The van der Waals surface area contributed by atoms with Gasteiger partial charge in [-0.3, -0.25) is 4.79 Å². The van der Waals surface area contributed by atoms with Crippen molar-refractivity contribution in [2.24, 2.45) is 0 Å². The van der Waals surface area contributed by atoms with Gasteiger partial charge in [0, 0.05) is 16.0 Å². The lowest BCUT2D eigenvalue weighted by atomic mass is 10.0. The van der Waals surface area contributed by atoms with Gasteiger partial charge in [0.05, 0.1) is 16.8 Å². The molecule has 0 N–H and O–H groups in total. The second-order valence-electron chi connectivity index (χ2n) is 4.34. The molecule has 1 fully saturated rings. The second-order valence-corrected chi connectivity index (χ2v) is 5.60. The van der Waals surface area contributed by atoms with Gasteiger partial charge < -0.3 is 4.52 Å². The van der Waals surface area contributed by atoms with Gasteiger partial charge >= 0.3 is 0 Å². The molecule has 3 nitrogen and oxygen atoms in total. The molecule has 0 saturated heterocycles. The molecule has 0 amide bonds. The van der Waals surface area contributed by atoms with E-state index in [1.54, 1.807) is 18.2 Å². The molecule has 1 aromatic heterocycles. The molecule has 0 aliphatic heterocycles. The van der Waals surface area contributed by atoms with Gasteiger partial charge in [0.1, 0.15) is 0 Å². The number of hydrogen-bond donors (Lipinski definition) is 0. The standard InChI is InChI=1S/C13H9BrClNO2/c14-10-5-8(3-4-11(10)15)12(17)9-6-16-18-13(9)7-1-2-7/h3-7H,1-2H2. The zero-order valence-electron chi connectivity index (χ0n) is 9.32. The van der Waals surface area contributed by atoms with Crippen LogP contribution in [0.5, 0.6) is 0 Å². The van der Waals surface area contributed by atoms with E-state index in [4.69, 9.17) is 16.1 Å². The summed E-state index contributed by atoms with van der Waals surface area (Å²) in [6.45, 7) is 0. The molecule has 5 heteroatoms. The van der Waals surface area contributed by atoms with E-state index >= 15 is 0 Å². The Balaban J connectivity index is 1.98. The third kappa shape index (κ3) is 2.10. The van der Waals surface area contributed by atoms with Crippen molar-refractivity contribution in [1.82, 2.24) is 5.16 Å². The van der Waals surface area contributed by atoms with Crippen LogP contribution < -0.4 is 0 Å². The summed E-state index contributed by atoms with van der Waals surface area (Å²) in [6, 6.07) is 5.12. The van der Waals surface area contributed by atoms with Crippen molar-refractivity contribution in [2.75, 3.05) is 0 Å². The van der Waals surface area contributed by atoms with Crippen molar-refractivity contribution in [1.29, 1.82) is 0 Å².